The molecule has 1 aliphatic carbocycles. The zero-order valence-electron chi connectivity index (χ0n) is 9.74. The number of fused-ring (bicyclic) bond motifs is 1. The Morgan fingerprint density at radius 2 is 2.38 bits per heavy atom. The molecule has 16 heavy (non-hydrogen) atoms. The van der Waals surface area contributed by atoms with Gasteiger partial charge in [-0.05, 0) is 12.3 Å². The number of hydrogen-bond acceptors (Lipinski definition) is 2. The van der Waals surface area contributed by atoms with Crippen molar-refractivity contribution in [1.82, 2.24) is 20.2 Å². The van der Waals surface area contributed by atoms with E-state index in [1.807, 2.05) is 6.08 Å². The van der Waals surface area contributed by atoms with E-state index >= 15 is 0 Å². The van der Waals surface area contributed by atoms with E-state index in [-0.39, 0.29) is 6.03 Å². The first-order valence-corrected chi connectivity index (χ1v) is 5.30. The molecular formula is C11H16N4O. The Balaban J connectivity index is 2.24. The van der Waals surface area contributed by atoms with Crippen LogP contribution in [0.3, 0.4) is 0 Å². The standard InChI is InChI=1S/C11H16N4O/c1-7-4-8-10(13-6-12-8)9(5-7)14-11(16)15(2)3/h5-7H,4H2,1-3H3,(H,12,13)(H,14,16). The number of hydrogen-bond donors (Lipinski definition) is 2. The van der Waals surface area contributed by atoms with Crippen molar-refractivity contribution in [1.29, 1.82) is 0 Å². The molecular weight excluding hydrogens is 204 g/mol. The quantitative estimate of drug-likeness (QED) is 0.747. The fourth-order valence-corrected chi connectivity index (χ4v) is 1.78. The fraction of sp³-hybridized carbons (Fsp3) is 0.455. The van der Waals surface area contributed by atoms with Crippen molar-refractivity contribution in [2.24, 2.45) is 5.92 Å². The molecule has 1 heterocycles. The highest BCUT2D eigenvalue weighted by Crippen LogP contribution is 2.24. The maximum Gasteiger partial charge on any atom is 0.321 e. The fourth-order valence-electron chi connectivity index (χ4n) is 1.78. The number of carbonyl (C=O) groups is 1. The predicted octanol–water partition coefficient (Wildman–Crippen LogP) is 1.21. The van der Waals surface area contributed by atoms with Gasteiger partial charge in [-0.25, -0.2) is 9.78 Å². The molecule has 1 unspecified atom stereocenters. The molecule has 1 atom stereocenters. The molecule has 0 fully saturated rings. The minimum atomic E-state index is -0.130. The maximum absolute atomic E-state index is 11.6. The highest BCUT2D eigenvalue weighted by Gasteiger charge is 2.20. The second-order valence-electron chi connectivity index (χ2n) is 4.32. The van der Waals surface area contributed by atoms with Crippen LogP contribution in [-0.2, 0) is 6.42 Å². The molecule has 2 rings (SSSR count). The molecule has 0 saturated carbocycles. The molecule has 5 nitrogen and oxygen atoms in total. The monoisotopic (exact) mass is 220 g/mol. The second-order valence-corrected chi connectivity index (χ2v) is 4.32. The van der Waals surface area contributed by atoms with Gasteiger partial charge in [-0.2, -0.15) is 0 Å². The Bertz CT molecular complexity index is 433. The molecule has 0 bridgehead atoms. The first kappa shape index (κ1) is 10.7. The van der Waals surface area contributed by atoms with Crippen molar-refractivity contribution in [3.63, 3.8) is 0 Å². The molecule has 0 aliphatic heterocycles. The van der Waals surface area contributed by atoms with Gasteiger partial charge in [-0.1, -0.05) is 13.0 Å². The summed E-state index contributed by atoms with van der Waals surface area (Å²) in [5.74, 6) is 0.408. The van der Waals surface area contributed by atoms with Crippen LogP contribution in [0, 0.1) is 5.92 Å². The lowest BCUT2D eigenvalue weighted by atomic mass is 9.96. The molecule has 2 amide bonds. The normalized spacial score (nSPS) is 18.7. The van der Waals surface area contributed by atoms with Crippen LogP contribution < -0.4 is 5.32 Å². The zero-order chi connectivity index (χ0) is 11.7. The number of aromatic amines is 1. The van der Waals surface area contributed by atoms with Gasteiger partial charge in [0.15, 0.2) is 0 Å². The van der Waals surface area contributed by atoms with Gasteiger partial charge < -0.3 is 15.2 Å². The lowest BCUT2D eigenvalue weighted by molar-refractivity contribution is 0.222. The van der Waals surface area contributed by atoms with Crippen molar-refractivity contribution >= 4 is 11.7 Å². The van der Waals surface area contributed by atoms with E-state index in [1.165, 1.54) is 4.90 Å². The molecule has 5 heteroatoms. The van der Waals surface area contributed by atoms with Crippen LogP contribution in [0.5, 0.6) is 0 Å². The molecule has 0 aromatic carbocycles. The van der Waals surface area contributed by atoms with E-state index in [2.05, 4.69) is 22.2 Å². The number of nitrogens with one attached hydrogen (secondary N) is 2. The number of urea groups is 1. The Morgan fingerprint density at radius 1 is 1.62 bits per heavy atom. The summed E-state index contributed by atoms with van der Waals surface area (Å²) in [5.41, 5.74) is 2.74. The van der Waals surface area contributed by atoms with Crippen LogP contribution in [0.2, 0.25) is 0 Å². The number of carbonyl (C=O) groups excluding carboxylic acids is 1. The van der Waals surface area contributed by atoms with Gasteiger partial charge in [0.25, 0.3) is 0 Å². The van der Waals surface area contributed by atoms with Crippen molar-refractivity contribution in [3.05, 3.63) is 23.8 Å². The molecule has 0 saturated heterocycles. The number of aromatic nitrogens is 2. The largest absolute Gasteiger partial charge is 0.348 e. The average Bonchev–Trinajstić information content (AvgIpc) is 2.65. The van der Waals surface area contributed by atoms with E-state index in [4.69, 9.17) is 0 Å². The lowest BCUT2D eigenvalue weighted by Gasteiger charge is -2.20. The van der Waals surface area contributed by atoms with Crippen LogP contribution in [-0.4, -0.2) is 35.0 Å². The first-order valence-electron chi connectivity index (χ1n) is 5.30. The zero-order valence-corrected chi connectivity index (χ0v) is 9.74. The molecule has 1 aromatic heterocycles. The highest BCUT2D eigenvalue weighted by molar-refractivity contribution is 5.85. The minimum absolute atomic E-state index is 0.130. The summed E-state index contributed by atoms with van der Waals surface area (Å²) in [6, 6.07) is -0.130. The molecule has 0 radical (unpaired) electrons. The van der Waals surface area contributed by atoms with Crippen molar-refractivity contribution in [3.8, 4) is 0 Å². The number of H-pyrrole nitrogens is 1. The van der Waals surface area contributed by atoms with E-state index in [0.717, 1.165) is 23.5 Å². The molecule has 86 valence electrons. The first-order chi connectivity index (χ1) is 7.58. The summed E-state index contributed by atoms with van der Waals surface area (Å²) in [6.45, 7) is 2.12. The van der Waals surface area contributed by atoms with Crippen LogP contribution >= 0.6 is 0 Å². The van der Waals surface area contributed by atoms with Crippen molar-refractivity contribution in [2.45, 2.75) is 13.3 Å². The number of amides is 2. The Kier molecular flexibility index (Phi) is 2.68. The summed E-state index contributed by atoms with van der Waals surface area (Å²) >= 11 is 0. The Morgan fingerprint density at radius 3 is 3.06 bits per heavy atom. The van der Waals surface area contributed by atoms with Gasteiger partial charge in [0.05, 0.1) is 12.0 Å². The third-order valence-corrected chi connectivity index (χ3v) is 2.60. The van der Waals surface area contributed by atoms with Crippen LogP contribution in [0.1, 0.15) is 18.3 Å². The summed E-state index contributed by atoms with van der Waals surface area (Å²) in [4.78, 5) is 20.4. The van der Waals surface area contributed by atoms with Gasteiger partial charge in [0.1, 0.15) is 5.69 Å². The van der Waals surface area contributed by atoms with Crippen LogP contribution in [0.25, 0.3) is 5.70 Å². The molecule has 0 spiro atoms. The third-order valence-electron chi connectivity index (χ3n) is 2.60. The number of imidazole rings is 1. The van der Waals surface area contributed by atoms with Crippen molar-refractivity contribution < 1.29 is 4.79 Å². The number of nitrogens with zero attached hydrogens (tertiary/aromatic N) is 2. The molecule has 1 aliphatic rings. The molecule has 1 aromatic rings. The summed E-state index contributed by atoms with van der Waals surface area (Å²) < 4.78 is 0. The van der Waals surface area contributed by atoms with Crippen LogP contribution in [0.15, 0.2) is 12.4 Å². The van der Waals surface area contributed by atoms with Gasteiger partial charge in [-0.15, -0.1) is 0 Å². The summed E-state index contributed by atoms with van der Waals surface area (Å²) in [6.07, 6.45) is 4.65. The van der Waals surface area contributed by atoms with E-state index < -0.39 is 0 Å². The highest BCUT2D eigenvalue weighted by atomic mass is 16.2. The third kappa shape index (κ3) is 1.93. The predicted molar refractivity (Wildman–Crippen MR) is 61.7 cm³/mol. The van der Waals surface area contributed by atoms with Gasteiger partial charge in [0.2, 0.25) is 0 Å². The molecule has 2 N–H and O–H groups in total. The topological polar surface area (TPSA) is 61.0 Å². The summed E-state index contributed by atoms with van der Waals surface area (Å²) in [5, 5.41) is 2.86. The number of rotatable bonds is 1. The van der Waals surface area contributed by atoms with Gasteiger partial charge >= 0.3 is 6.03 Å². The van der Waals surface area contributed by atoms with Gasteiger partial charge in [0, 0.05) is 19.8 Å². The van der Waals surface area contributed by atoms with E-state index in [0.29, 0.717) is 5.92 Å². The maximum atomic E-state index is 11.6. The minimum Gasteiger partial charge on any atom is -0.348 e. The van der Waals surface area contributed by atoms with Crippen LogP contribution in [0.4, 0.5) is 4.79 Å². The SMILES string of the molecule is CC1C=C(NC(=O)N(C)C)c2nc[nH]c2C1. The van der Waals surface area contributed by atoms with E-state index in [1.54, 1.807) is 20.4 Å². The Labute approximate surface area is 94.6 Å². The smallest absolute Gasteiger partial charge is 0.321 e. The van der Waals surface area contributed by atoms with E-state index in [9.17, 15) is 4.79 Å². The number of allylic oxidation sites excluding steroid dienone is 1. The van der Waals surface area contributed by atoms with Gasteiger partial charge in [-0.3, -0.25) is 0 Å². The second kappa shape index (κ2) is 4.00. The van der Waals surface area contributed by atoms with Crippen molar-refractivity contribution in [2.75, 3.05) is 14.1 Å². The average molecular weight is 220 g/mol. The lowest BCUT2D eigenvalue weighted by Crippen LogP contribution is -2.34. The Hall–Kier alpha value is -1.78. The summed E-state index contributed by atoms with van der Waals surface area (Å²) in [7, 11) is 3.43.